The molecule has 0 atom stereocenters. The number of rotatable bonds is 1. The molecule has 1 fully saturated rings. The topological polar surface area (TPSA) is 49.4 Å². The van der Waals surface area contributed by atoms with E-state index in [-0.39, 0.29) is 5.75 Å². The van der Waals surface area contributed by atoms with Crippen molar-refractivity contribution in [2.45, 2.75) is 20.3 Å². The van der Waals surface area contributed by atoms with Crippen molar-refractivity contribution in [2.75, 3.05) is 29.7 Å². The van der Waals surface area contributed by atoms with E-state index < -0.39 is 10.0 Å². The average molecular weight is 268 g/mol. The van der Waals surface area contributed by atoms with Crippen molar-refractivity contribution in [2.24, 2.45) is 0 Å². The summed E-state index contributed by atoms with van der Waals surface area (Å²) < 4.78 is 26.2. The van der Waals surface area contributed by atoms with Gasteiger partial charge in [0.25, 0.3) is 0 Å². The third-order valence-electron chi connectivity index (χ3n) is 3.22. The molecule has 1 aromatic carbocycles. The summed E-state index contributed by atoms with van der Waals surface area (Å²) in [6, 6.07) is 5.95. The lowest BCUT2D eigenvalue weighted by atomic mass is 10.1. The molecule has 0 spiro atoms. The van der Waals surface area contributed by atoms with Gasteiger partial charge in [-0.1, -0.05) is 12.1 Å². The standard InChI is InChI=1S/C13H20N2O2S/c1-11-4-5-12(2)13(10-11)15-8-3-6-14-7-9-18(15,16)17/h4-5,10,14H,3,6-9H2,1-2H3. The molecule has 0 saturated carbocycles. The molecule has 100 valence electrons. The lowest BCUT2D eigenvalue weighted by molar-refractivity contribution is 0.572. The predicted octanol–water partition coefficient (Wildman–Crippen LogP) is 1.43. The fraction of sp³-hybridized carbons (Fsp3) is 0.538. The highest BCUT2D eigenvalue weighted by atomic mass is 32.2. The minimum absolute atomic E-state index is 0.167. The van der Waals surface area contributed by atoms with Crippen LogP contribution in [0.3, 0.4) is 0 Å². The fourth-order valence-electron chi connectivity index (χ4n) is 2.18. The highest BCUT2D eigenvalue weighted by Crippen LogP contribution is 2.25. The van der Waals surface area contributed by atoms with Crippen LogP contribution >= 0.6 is 0 Å². The normalized spacial score (nSPS) is 20.2. The lowest BCUT2D eigenvalue weighted by Gasteiger charge is -2.28. The Labute approximate surface area is 109 Å². The predicted molar refractivity (Wildman–Crippen MR) is 74.5 cm³/mol. The van der Waals surface area contributed by atoms with Crippen LogP contribution in [0.1, 0.15) is 17.5 Å². The molecule has 0 aliphatic carbocycles. The number of hydrogen-bond acceptors (Lipinski definition) is 3. The van der Waals surface area contributed by atoms with Crippen LogP contribution in [0.2, 0.25) is 0 Å². The van der Waals surface area contributed by atoms with Gasteiger partial charge in [-0.3, -0.25) is 4.31 Å². The zero-order chi connectivity index (χ0) is 13.2. The van der Waals surface area contributed by atoms with Crippen LogP contribution in [-0.2, 0) is 10.0 Å². The van der Waals surface area contributed by atoms with Crippen molar-refractivity contribution >= 4 is 15.7 Å². The van der Waals surface area contributed by atoms with Crippen LogP contribution in [-0.4, -0.2) is 33.8 Å². The molecule has 1 N–H and O–H groups in total. The number of aryl methyl sites for hydroxylation is 2. The molecular weight excluding hydrogens is 248 g/mol. The first-order valence-electron chi connectivity index (χ1n) is 6.29. The van der Waals surface area contributed by atoms with Gasteiger partial charge in [-0.25, -0.2) is 8.42 Å². The van der Waals surface area contributed by atoms with E-state index in [2.05, 4.69) is 5.32 Å². The smallest absolute Gasteiger partial charge is 0.236 e. The first kappa shape index (κ1) is 13.4. The average Bonchev–Trinajstić information content (AvgIpc) is 2.29. The molecule has 5 heteroatoms. The largest absolute Gasteiger partial charge is 0.316 e. The third-order valence-corrected chi connectivity index (χ3v) is 4.99. The van der Waals surface area contributed by atoms with Crippen molar-refractivity contribution in [3.63, 3.8) is 0 Å². The van der Waals surface area contributed by atoms with Crippen molar-refractivity contribution < 1.29 is 8.42 Å². The maximum absolute atomic E-state index is 12.3. The van der Waals surface area contributed by atoms with E-state index in [0.717, 1.165) is 29.8 Å². The summed E-state index contributed by atoms with van der Waals surface area (Å²) in [7, 11) is -3.20. The first-order chi connectivity index (χ1) is 8.50. The molecule has 1 aliphatic heterocycles. The van der Waals surface area contributed by atoms with Crippen LogP contribution in [0.4, 0.5) is 5.69 Å². The van der Waals surface area contributed by atoms with Crippen molar-refractivity contribution in [3.8, 4) is 0 Å². The molecule has 4 nitrogen and oxygen atoms in total. The van der Waals surface area contributed by atoms with Gasteiger partial charge in [-0.2, -0.15) is 0 Å². The minimum Gasteiger partial charge on any atom is -0.316 e. The molecule has 0 aromatic heterocycles. The second-order valence-electron chi connectivity index (χ2n) is 4.78. The highest BCUT2D eigenvalue weighted by Gasteiger charge is 2.24. The SMILES string of the molecule is Cc1ccc(C)c(N2CCCNCCS2(=O)=O)c1. The second kappa shape index (κ2) is 5.28. The summed E-state index contributed by atoms with van der Waals surface area (Å²) in [6.07, 6.45) is 0.840. The number of anilines is 1. The molecule has 2 rings (SSSR count). The van der Waals surface area contributed by atoms with E-state index >= 15 is 0 Å². The van der Waals surface area contributed by atoms with Gasteiger partial charge < -0.3 is 5.32 Å². The molecule has 0 unspecified atom stereocenters. The van der Waals surface area contributed by atoms with E-state index in [1.165, 1.54) is 0 Å². The quantitative estimate of drug-likeness (QED) is 0.838. The van der Waals surface area contributed by atoms with E-state index in [0.29, 0.717) is 13.1 Å². The molecule has 1 aliphatic rings. The Bertz CT molecular complexity index is 526. The van der Waals surface area contributed by atoms with Crippen LogP contribution in [0.5, 0.6) is 0 Å². The zero-order valence-electron chi connectivity index (χ0n) is 10.9. The number of sulfonamides is 1. The molecule has 1 aromatic rings. The Kier molecular flexibility index (Phi) is 3.92. The Morgan fingerprint density at radius 2 is 2.00 bits per heavy atom. The minimum atomic E-state index is -3.20. The summed E-state index contributed by atoms with van der Waals surface area (Å²) >= 11 is 0. The Morgan fingerprint density at radius 1 is 1.22 bits per heavy atom. The maximum Gasteiger partial charge on any atom is 0.236 e. The van der Waals surface area contributed by atoms with E-state index in [9.17, 15) is 8.42 Å². The van der Waals surface area contributed by atoms with Gasteiger partial charge in [0.05, 0.1) is 11.4 Å². The molecular formula is C13H20N2O2S. The summed E-state index contributed by atoms with van der Waals surface area (Å²) in [5, 5.41) is 3.14. The molecule has 18 heavy (non-hydrogen) atoms. The van der Waals surface area contributed by atoms with E-state index in [1.807, 2.05) is 32.0 Å². The number of hydrogen-bond donors (Lipinski definition) is 1. The molecule has 0 radical (unpaired) electrons. The first-order valence-corrected chi connectivity index (χ1v) is 7.90. The zero-order valence-corrected chi connectivity index (χ0v) is 11.8. The van der Waals surface area contributed by atoms with Crippen LogP contribution in [0, 0.1) is 13.8 Å². The van der Waals surface area contributed by atoms with E-state index in [1.54, 1.807) is 4.31 Å². The Morgan fingerprint density at radius 3 is 2.78 bits per heavy atom. The fourth-order valence-corrected chi connectivity index (χ4v) is 3.71. The summed E-state index contributed by atoms with van der Waals surface area (Å²) in [5.74, 6) is 0.167. The molecule has 0 bridgehead atoms. The number of benzene rings is 1. The monoisotopic (exact) mass is 268 g/mol. The third kappa shape index (κ3) is 2.84. The summed E-state index contributed by atoms with van der Waals surface area (Å²) in [6.45, 7) is 5.91. The van der Waals surface area contributed by atoms with E-state index in [4.69, 9.17) is 0 Å². The van der Waals surface area contributed by atoms with Gasteiger partial charge in [0, 0.05) is 13.1 Å². The van der Waals surface area contributed by atoms with Crippen LogP contribution < -0.4 is 9.62 Å². The number of nitrogens with zero attached hydrogens (tertiary/aromatic N) is 1. The Balaban J connectivity index is 2.41. The lowest BCUT2D eigenvalue weighted by Crippen LogP contribution is -2.41. The molecule has 0 amide bonds. The van der Waals surface area contributed by atoms with Gasteiger partial charge in [0.15, 0.2) is 0 Å². The van der Waals surface area contributed by atoms with Crippen molar-refractivity contribution in [1.29, 1.82) is 0 Å². The van der Waals surface area contributed by atoms with Crippen molar-refractivity contribution in [3.05, 3.63) is 29.3 Å². The molecule has 1 heterocycles. The van der Waals surface area contributed by atoms with Gasteiger partial charge in [-0.05, 0) is 44.0 Å². The summed E-state index contributed by atoms with van der Waals surface area (Å²) in [5.41, 5.74) is 2.93. The van der Waals surface area contributed by atoms with Crippen molar-refractivity contribution in [1.82, 2.24) is 5.32 Å². The highest BCUT2D eigenvalue weighted by molar-refractivity contribution is 7.92. The van der Waals surface area contributed by atoms with Crippen LogP contribution in [0.15, 0.2) is 18.2 Å². The summed E-state index contributed by atoms with van der Waals surface area (Å²) in [4.78, 5) is 0. The van der Waals surface area contributed by atoms with Gasteiger partial charge in [-0.15, -0.1) is 0 Å². The van der Waals surface area contributed by atoms with Gasteiger partial charge in [0.1, 0.15) is 0 Å². The number of nitrogens with one attached hydrogen (secondary N) is 1. The van der Waals surface area contributed by atoms with Gasteiger partial charge in [0.2, 0.25) is 10.0 Å². The molecule has 1 saturated heterocycles. The maximum atomic E-state index is 12.3. The Hall–Kier alpha value is -1.07. The second-order valence-corrected chi connectivity index (χ2v) is 6.79. The van der Waals surface area contributed by atoms with Crippen LogP contribution in [0.25, 0.3) is 0 Å². The van der Waals surface area contributed by atoms with Gasteiger partial charge >= 0.3 is 0 Å².